The fraction of sp³-hybridized carbons (Fsp3) is 0.0508. The van der Waals surface area contributed by atoms with Crippen molar-refractivity contribution in [2.24, 2.45) is 9.98 Å². The van der Waals surface area contributed by atoms with Crippen molar-refractivity contribution in [3.05, 3.63) is 229 Å². The molecule has 1 aliphatic carbocycles. The molecule has 2 aromatic heterocycles. The van der Waals surface area contributed by atoms with E-state index in [1.165, 1.54) is 60.1 Å². The van der Waals surface area contributed by atoms with E-state index >= 15 is 0 Å². The van der Waals surface area contributed by atoms with Crippen molar-refractivity contribution in [1.82, 2.24) is 9.88 Å². The number of aromatic nitrogens is 1. The average molecular weight is 821 g/mol. The van der Waals surface area contributed by atoms with Crippen LogP contribution in [0.1, 0.15) is 41.3 Å². The van der Waals surface area contributed by atoms with Gasteiger partial charge in [-0.1, -0.05) is 164 Å². The van der Waals surface area contributed by atoms with E-state index in [1.807, 2.05) is 36.4 Å². The summed E-state index contributed by atoms with van der Waals surface area (Å²) in [5.74, 6) is 1.45. The van der Waals surface area contributed by atoms with Crippen LogP contribution in [0, 0.1) is 0 Å². The third-order valence-corrected chi connectivity index (χ3v) is 13.1. The van der Waals surface area contributed by atoms with Crippen LogP contribution in [0.3, 0.4) is 0 Å². The molecule has 5 nitrogen and oxygen atoms in total. The van der Waals surface area contributed by atoms with E-state index in [9.17, 15) is 0 Å². The molecule has 0 saturated heterocycles. The molecule has 0 fully saturated rings. The first kappa shape index (κ1) is 36.4. The maximum atomic E-state index is 6.87. The highest BCUT2D eigenvalue weighted by molar-refractivity contribution is 6.31. The number of benzene rings is 9. The summed E-state index contributed by atoms with van der Waals surface area (Å²) in [6.07, 6.45) is 8.53. The smallest absolute Gasteiger partial charge is 0.159 e. The number of hydrogen-bond acceptors (Lipinski definition) is 4. The zero-order valence-electron chi connectivity index (χ0n) is 34.9. The lowest BCUT2D eigenvalue weighted by Gasteiger charge is -2.23. The van der Waals surface area contributed by atoms with Gasteiger partial charge in [0.05, 0.1) is 11.0 Å². The number of aliphatic imine (C=N–C) groups is 2. The fourth-order valence-corrected chi connectivity index (χ4v) is 10.1. The van der Waals surface area contributed by atoms with Crippen LogP contribution in [0.4, 0.5) is 0 Å². The maximum Gasteiger partial charge on any atom is 0.159 e. The third kappa shape index (κ3) is 5.85. The third-order valence-electron chi connectivity index (χ3n) is 13.1. The van der Waals surface area contributed by atoms with Crippen LogP contribution >= 0.6 is 0 Å². The largest absolute Gasteiger partial charge is 0.456 e. The summed E-state index contributed by atoms with van der Waals surface area (Å²) in [4.78, 5) is 10.2. The quantitative estimate of drug-likeness (QED) is 0.182. The van der Waals surface area contributed by atoms with Gasteiger partial charge in [0.15, 0.2) is 5.84 Å². The van der Waals surface area contributed by atoms with Gasteiger partial charge in [-0.15, -0.1) is 0 Å². The lowest BCUT2D eigenvalue weighted by atomic mass is 9.89. The summed E-state index contributed by atoms with van der Waals surface area (Å²) in [5.41, 5.74) is 13.0. The average Bonchev–Trinajstić information content (AvgIpc) is 3.91. The van der Waals surface area contributed by atoms with Crippen LogP contribution in [0.2, 0.25) is 0 Å². The van der Waals surface area contributed by atoms with Gasteiger partial charge in [0, 0.05) is 44.4 Å². The van der Waals surface area contributed by atoms with Gasteiger partial charge in [-0.2, -0.15) is 0 Å². The monoisotopic (exact) mass is 820 g/mol. The predicted molar refractivity (Wildman–Crippen MR) is 267 cm³/mol. The van der Waals surface area contributed by atoms with Gasteiger partial charge in [-0.3, -0.25) is 0 Å². The zero-order chi connectivity index (χ0) is 42.1. The molecule has 302 valence electrons. The Balaban J connectivity index is 1.04. The summed E-state index contributed by atoms with van der Waals surface area (Å²) >= 11 is 0. The molecule has 0 spiro atoms. The Morgan fingerprint density at radius 2 is 1.11 bits per heavy atom. The normalized spacial score (nSPS) is 15.2. The van der Waals surface area contributed by atoms with E-state index in [2.05, 4.69) is 180 Å². The summed E-state index contributed by atoms with van der Waals surface area (Å²) in [6, 6.07) is 67.2. The molecule has 0 bridgehead atoms. The fourth-order valence-electron chi connectivity index (χ4n) is 10.1. The van der Waals surface area contributed by atoms with Crippen LogP contribution < -0.4 is 5.32 Å². The Bertz CT molecular complexity index is 3800. The summed E-state index contributed by atoms with van der Waals surface area (Å²) in [6.45, 7) is 0. The second kappa shape index (κ2) is 14.7. The zero-order valence-corrected chi connectivity index (χ0v) is 34.9. The Hall–Kier alpha value is -8.28. The predicted octanol–water partition coefficient (Wildman–Crippen LogP) is 14.9. The van der Waals surface area contributed by atoms with Gasteiger partial charge in [-0.25, -0.2) is 9.98 Å². The molecule has 1 unspecified atom stereocenters. The number of nitrogens with zero attached hydrogens (tertiary/aromatic N) is 3. The van der Waals surface area contributed by atoms with Crippen molar-refractivity contribution in [1.29, 1.82) is 0 Å². The van der Waals surface area contributed by atoms with Crippen LogP contribution in [0.15, 0.2) is 221 Å². The van der Waals surface area contributed by atoms with Crippen molar-refractivity contribution in [2.45, 2.75) is 19.0 Å². The van der Waals surface area contributed by atoms with Gasteiger partial charge in [0.1, 0.15) is 23.2 Å². The van der Waals surface area contributed by atoms with Crippen molar-refractivity contribution in [2.75, 3.05) is 0 Å². The Kier molecular flexibility index (Phi) is 8.34. The molecule has 5 heteroatoms. The van der Waals surface area contributed by atoms with Crippen molar-refractivity contribution in [3.63, 3.8) is 0 Å². The lowest BCUT2D eigenvalue weighted by Crippen LogP contribution is -2.33. The molecule has 1 atom stereocenters. The minimum absolute atomic E-state index is 0.285. The lowest BCUT2D eigenvalue weighted by molar-refractivity contribution is 0.667. The molecule has 0 amide bonds. The molecule has 1 N–H and O–H groups in total. The first-order chi connectivity index (χ1) is 31.7. The molecule has 2 aliphatic rings. The van der Waals surface area contributed by atoms with Crippen LogP contribution in [-0.2, 0) is 0 Å². The number of furan rings is 1. The Labute approximate surface area is 369 Å². The van der Waals surface area contributed by atoms with E-state index in [0.717, 1.165) is 68.5 Å². The highest BCUT2D eigenvalue weighted by atomic mass is 16.3. The summed E-state index contributed by atoms with van der Waals surface area (Å²) in [7, 11) is 0. The molecule has 64 heavy (non-hydrogen) atoms. The number of hydrogen-bond donors (Lipinski definition) is 1. The number of nitrogens with one attached hydrogen (secondary N) is 1. The van der Waals surface area contributed by atoms with Crippen LogP contribution in [0.5, 0.6) is 0 Å². The standard InChI is InChI=1S/C59H40N4O/c1-5-17-37(18-6-1)49-35-51-55(47-27-15-13-25-43(47)49)56-48-28-16-14-26-44(48)50(38-19-7-2-8-20-38)36-52(56)63(51)42-30-32-46-45-31-29-41(33-53(45)64-54(46)34-42)59-61-57(39-21-9-3-10-22-39)60-58(62-59)40-23-11-4-12-24-40/h1-7,9-19,21-36,57H,8,20H2,(H,60,61,62). The highest BCUT2D eigenvalue weighted by Gasteiger charge is 2.24. The number of allylic oxidation sites excluding steroid dienone is 4. The first-order valence-electron chi connectivity index (χ1n) is 22.1. The molecule has 9 aromatic carbocycles. The molecule has 11 aromatic rings. The van der Waals surface area contributed by atoms with Crippen molar-refractivity contribution >= 4 is 82.5 Å². The molecule has 1 aliphatic heterocycles. The topological polar surface area (TPSA) is 54.8 Å². The maximum absolute atomic E-state index is 6.87. The van der Waals surface area contributed by atoms with Crippen LogP contribution in [-0.4, -0.2) is 16.2 Å². The summed E-state index contributed by atoms with van der Waals surface area (Å²) in [5, 5.41) is 13.2. The number of fused-ring (bicyclic) bond motifs is 10. The van der Waals surface area contributed by atoms with E-state index in [-0.39, 0.29) is 6.17 Å². The van der Waals surface area contributed by atoms with E-state index in [1.54, 1.807) is 0 Å². The summed E-state index contributed by atoms with van der Waals surface area (Å²) < 4.78 is 9.35. The minimum Gasteiger partial charge on any atom is -0.456 e. The van der Waals surface area contributed by atoms with E-state index in [0.29, 0.717) is 5.84 Å². The first-order valence-corrected chi connectivity index (χ1v) is 22.1. The second-order valence-electron chi connectivity index (χ2n) is 16.8. The van der Waals surface area contributed by atoms with E-state index < -0.39 is 0 Å². The molecule has 0 radical (unpaired) electrons. The number of rotatable bonds is 6. The van der Waals surface area contributed by atoms with Gasteiger partial charge in [0.2, 0.25) is 0 Å². The van der Waals surface area contributed by atoms with Crippen molar-refractivity contribution in [3.8, 4) is 16.8 Å². The van der Waals surface area contributed by atoms with Gasteiger partial charge >= 0.3 is 0 Å². The molecule has 0 saturated carbocycles. The Morgan fingerprint density at radius 1 is 0.516 bits per heavy atom. The van der Waals surface area contributed by atoms with Gasteiger partial charge in [-0.05, 0) is 98.6 Å². The SMILES string of the molecule is C1=CCCC(c2cc3c(c4ccccc24)c2c4ccccc4c(-c4ccccc4)cc2n3-c2ccc3c(c2)oc2cc(C4=NC(c5ccccc5)NC(c5ccccc5)=N4)ccc23)=C1. The van der Waals surface area contributed by atoms with Crippen LogP contribution in [0.25, 0.3) is 87.7 Å². The van der Waals surface area contributed by atoms with Gasteiger partial charge in [0.25, 0.3) is 0 Å². The Morgan fingerprint density at radius 3 is 1.80 bits per heavy atom. The highest BCUT2D eigenvalue weighted by Crippen LogP contribution is 2.46. The van der Waals surface area contributed by atoms with E-state index in [4.69, 9.17) is 14.4 Å². The second-order valence-corrected chi connectivity index (χ2v) is 16.8. The minimum atomic E-state index is -0.285. The molecule has 3 heterocycles. The number of amidine groups is 2. The van der Waals surface area contributed by atoms with Crippen molar-refractivity contribution < 1.29 is 4.42 Å². The van der Waals surface area contributed by atoms with Gasteiger partial charge < -0.3 is 14.3 Å². The molecular weight excluding hydrogens is 781 g/mol. The molecule has 13 rings (SSSR count). The molecular formula is C59H40N4O.